The molecule has 1 heterocycles. The molecular formula is C19H21N3O4S. The first-order valence-electron chi connectivity index (χ1n) is 8.24. The second-order valence-corrected chi connectivity index (χ2v) is 7.69. The van der Waals surface area contributed by atoms with Crippen LogP contribution in [0.15, 0.2) is 59.8 Å². The third-order valence-corrected chi connectivity index (χ3v) is 5.43. The maximum atomic E-state index is 12.7. The Morgan fingerprint density at radius 2 is 1.81 bits per heavy atom. The smallest absolute Gasteiger partial charge is 0.265 e. The molecule has 0 radical (unpaired) electrons. The van der Waals surface area contributed by atoms with Crippen LogP contribution in [0, 0.1) is 6.92 Å². The van der Waals surface area contributed by atoms with E-state index in [4.69, 9.17) is 9.47 Å². The predicted octanol–water partition coefficient (Wildman–Crippen LogP) is 3.06. The van der Waals surface area contributed by atoms with Gasteiger partial charge in [-0.25, -0.2) is 8.42 Å². The molecule has 0 aliphatic rings. The zero-order valence-corrected chi connectivity index (χ0v) is 16.2. The number of benzene rings is 2. The molecule has 1 N–H and O–H groups in total. The number of hydrogen-bond acceptors (Lipinski definition) is 5. The van der Waals surface area contributed by atoms with E-state index in [0.717, 1.165) is 5.56 Å². The van der Waals surface area contributed by atoms with Gasteiger partial charge in [-0.2, -0.15) is 5.10 Å². The van der Waals surface area contributed by atoms with Crippen LogP contribution >= 0.6 is 0 Å². The molecule has 0 amide bonds. The lowest BCUT2D eigenvalue weighted by Gasteiger charge is -2.11. The van der Waals surface area contributed by atoms with Crippen LogP contribution in [0.5, 0.6) is 11.5 Å². The Kier molecular flexibility index (Phi) is 5.36. The van der Waals surface area contributed by atoms with E-state index in [1.54, 1.807) is 16.9 Å². The fourth-order valence-electron chi connectivity index (χ4n) is 2.59. The second kappa shape index (κ2) is 7.71. The molecule has 0 fully saturated rings. The second-order valence-electron chi connectivity index (χ2n) is 6.03. The van der Waals surface area contributed by atoms with E-state index < -0.39 is 10.0 Å². The largest absolute Gasteiger partial charge is 0.497 e. The lowest BCUT2D eigenvalue weighted by atomic mass is 10.1. The molecule has 3 aromatic rings. The first-order valence-corrected chi connectivity index (χ1v) is 9.72. The van der Waals surface area contributed by atoms with Crippen molar-refractivity contribution in [2.24, 2.45) is 0 Å². The van der Waals surface area contributed by atoms with Crippen LogP contribution in [0.1, 0.15) is 11.1 Å². The lowest BCUT2D eigenvalue weighted by molar-refractivity contribution is 0.386. The number of aryl methyl sites for hydroxylation is 1. The van der Waals surface area contributed by atoms with E-state index in [1.165, 1.54) is 38.1 Å². The van der Waals surface area contributed by atoms with Crippen LogP contribution in [0.25, 0.3) is 0 Å². The van der Waals surface area contributed by atoms with Crippen LogP contribution in [-0.2, 0) is 16.6 Å². The van der Waals surface area contributed by atoms with Gasteiger partial charge in [0.05, 0.1) is 32.6 Å². The molecule has 0 aliphatic carbocycles. The number of rotatable bonds is 7. The minimum atomic E-state index is -3.83. The quantitative estimate of drug-likeness (QED) is 0.674. The van der Waals surface area contributed by atoms with Crippen molar-refractivity contribution in [1.82, 2.24) is 9.78 Å². The summed E-state index contributed by atoms with van der Waals surface area (Å²) < 4.78 is 39.9. The molecule has 0 atom stereocenters. The summed E-state index contributed by atoms with van der Waals surface area (Å²) in [5, 5.41) is 4.22. The van der Waals surface area contributed by atoms with E-state index in [0.29, 0.717) is 18.0 Å². The van der Waals surface area contributed by atoms with E-state index in [2.05, 4.69) is 9.82 Å². The predicted molar refractivity (Wildman–Crippen MR) is 103 cm³/mol. The molecule has 3 rings (SSSR count). The summed E-state index contributed by atoms with van der Waals surface area (Å²) >= 11 is 0. The number of nitrogens with one attached hydrogen (secondary N) is 1. The van der Waals surface area contributed by atoms with Crippen molar-refractivity contribution in [3.8, 4) is 11.5 Å². The van der Waals surface area contributed by atoms with Crippen LogP contribution < -0.4 is 14.2 Å². The van der Waals surface area contributed by atoms with Crippen molar-refractivity contribution in [2.75, 3.05) is 18.9 Å². The molecule has 0 spiro atoms. The average Bonchev–Trinajstić information content (AvgIpc) is 3.09. The molecule has 0 saturated heterocycles. The summed E-state index contributed by atoms with van der Waals surface area (Å²) in [6, 6.07) is 12.6. The number of hydrogen-bond donors (Lipinski definition) is 1. The standard InChI is InChI=1S/C19H21N3O4S/c1-14-4-6-15(7-5-14)12-22-13-16(11-20-22)21-27(23,24)19-9-8-17(25-2)10-18(19)26-3/h4-11,13,21H,12H2,1-3H3. The van der Waals surface area contributed by atoms with E-state index in [9.17, 15) is 8.42 Å². The number of anilines is 1. The van der Waals surface area contributed by atoms with Gasteiger partial charge >= 0.3 is 0 Å². The van der Waals surface area contributed by atoms with Crippen LogP contribution in [-0.4, -0.2) is 32.4 Å². The molecular weight excluding hydrogens is 366 g/mol. The number of methoxy groups -OCH3 is 2. The van der Waals surface area contributed by atoms with Gasteiger partial charge in [0, 0.05) is 12.3 Å². The summed E-state index contributed by atoms with van der Waals surface area (Å²) in [5.74, 6) is 0.714. The Balaban J connectivity index is 1.78. The fraction of sp³-hybridized carbons (Fsp3) is 0.211. The molecule has 0 aliphatic heterocycles. The Hall–Kier alpha value is -3.00. The highest BCUT2D eigenvalue weighted by atomic mass is 32.2. The molecule has 0 saturated carbocycles. The number of ether oxygens (including phenoxy) is 2. The zero-order chi connectivity index (χ0) is 19.4. The van der Waals surface area contributed by atoms with Crippen molar-refractivity contribution in [1.29, 1.82) is 0 Å². The summed E-state index contributed by atoms with van der Waals surface area (Å²) in [5.41, 5.74) is 2.64. The van der Waals surface area contributed by atoms with Crippen molar-refractivity contribution in [3.05, 3.63) is 66.0 Å². The highest BCUT2D eigenvalue weighted by Crippen LogP contribution is 2.29. The summed E-state index contributed by atoms with van der Waals surface area (Å²) in [6.07, 6.45) is 3.12. The van der Waals surface area contributed by atoms with E-state index in [1.807, 2.05) is 31.2 Å². The Morgan fingerprint density at radius 1 is 1.07 bits per heavy atom. The van der Waals surface area contributed by atoms with Crippen LogP contribution in [0.3, 0.4) is 0 Å². The maximum absolute atomic E-state index is 12.7. The molecule has 8 heteroatoms. The van der Waals surface area contributed by atoms with E-state index >= 15 is 0 Å². The molecule has 7 nitrogen and oxygen atoms in total. The normalized spacial score (nSPS) is 11.2. The fourth-order valence-corrected chi connectivity index (χ4v) is 3.77. The first-order chi connectivity index (χ1) is 12.9. The monoisotopic (exact) mass is 387 g/mol. The lowest BCUT2D eigenvalue weighted by Crippen LogP contribution is -2.13. The maximum Gasteiger partial charge on any atom is 0.265 e. The number of nitrogens with zero attached hydrogens (tertiary/aromatic N) is 2. The van der Waals surface area contributed by atoms with Gasteiger partial charge in [0.25, 0.3) is 10.0 Å². The van der Waals surface area contributed by atoms with Crippen molar-refractivity contribution in [2.45, 2.75) is 18.4 Å². The number of sulfonamides is 1. The molecule has 2 aromatic carbocycles. The Labute approximate surface area is 158 Å². The summed E-state index contributed by atoms with van der Waals surface area (Å²) in [7, 11) is -0.916. The van der Waals surface area contributed by atoms with Crippen molar-refractivity contribution < 1.29 is 17.9 Å². The van der Waals surface area contributed by atoms with Gasteiger partial charge < -0.3 is 9.47 Å². The SMILES string of the molecule is COc1ccc(S(=O)(=O)Nc2cnn(Cc3ccc(C)cc3)c2)c(OC)c1. The highest BCUT2D eigenvalue weighted by Gasteiger charge is 2.21. The minimum Gasteiger partial charge on any atom is -0.497 e. The molecule has 0 bridgehead atoms. The van der Waals surface area contributed by atoms with Gasteiger partial charge in [-0.1, -0.05) is 29.8 Å². The number of aromatic nitrogens is 2. The van der Waals surface area contributed by atoms with Crippen LogP contribution in [0.4, 0.5) is 5.69 Å². The summed E-state index contributed by atoms with van der Waals surface area (Å²) in [4.78, 5) is 0.0251. The summed E-state index contributed by atoms with van der Waals surface area (Å²) in [6.45, 7) is 2.58. The minimum absolute atomic E-state index is 0.0251. The van der Waals surface area contributed by atoms with Gasteiger partial charge in [0.15, 0.2) is 0 Å². The topological polar surface area (TPSA) is 82.5 Å². The van der Waals surface area contributed by atoms with Gasteiger partial charge in [-0.05, 0) is 24.6 Å². The van der Waals surface area contributed by atoms with Crippen LogP contribution in [0.2, 0.25) is 0 Å². The zero-order valence-electron chi connectivity index (χ0n) is 15.3. The third-order valence-electron chi connectivity index (χ3n) is 4.01. The molecule has 27 heavy (non-hydrogen) atoms. The highest BCUT2D eigenvalue weighted by molar-refractivity contribution is 7.92. The van der Waals surface area contributed by atoms with Gasteiger partial charge in [-0.15, -0.1) is 0 Å². The third kappa shape index (κ3) is 4.40. The molecule has 1 aromatic heterocycles. The first kappa shape index (κ1) is 18.8. The van der Waals surface area contributed by atoms with Gasteiger partial charge in [0.1, 0.15) is 16.4 Å². The molecule has 142 valence electrons. The molecule has 0 unspecified atom stereocenters. The van der Waals surface area contributed by atoms with Gasteiger partial charge in [0.2, 0.25) is 0 Å². The van der Waals surface area contributed by atoms with Crippen molar-refractivity contribution in [3.63, 3.8) is 0 Å². The van der Waals surface area contributed by atoms with E-state index in [-0.39, 0.29) is 10.6 Å². The Morgan fingerprint density at radius 3 is 2.48 bits per heavy atom. The Bertz CT molecular complexity index is 1030. The average molecular weight is 387 g/mol. The van der Waals surface area contributed by atoms with Crippen molar-refractivity contribution >= 4 is 15.7 Å². The van der Waals surface area contributed by atoms with Gasteiger partial charge in [-0.3, -0.25) is 9.40 Å².